The van der Waals surface area contributed by atoms with E-state index in [1.165, 1.54) is 12.1 Å². The summed E-state index contributed by atoms with van der Waals surface area (Å²) in [5, 5.41) is 11.0. The van der Waals surface area contributed by atoms with Crippen LogP contribution in [0.4, 0.5) is 0 Å². The first-order chi connectivity index (χ1) is 9.29. The van der Waals surface area contributed by atoms with Gasteiger partial charge in [0.1, 0.15) is 0 Å². The van der Waals surface area contributed by atoms with Crippen LogP contribution in [-0.4, -0.2) is 45.7 Å². The second-order valence-corrected chi connectivity index (χ2v) is 7.38. The summed E-state index contributed by atoms with van der Waals surface area (Å²) < 4.78 is 23.5. The molecule has 0 amide bonds. The fourth-order valence-electron chi connectivity index (χ4n) is 2.61. The zero-order chi connectivity index (χ0) is 14.9. The molecule has 0 unspecified atom stereocenters. The molecule has 7 heteroatoms. The first-order valence-electron chi connectivity index (χ1n) is 6.53. The zero-order valence-electron chi connectivity index (χ0n) is 12.6. The molecule has 0 N–H and O–H groups in total. The minimum absolute atomic E-state index is 0. The molecule has 0 atom stereocenters. The molecule has 110 valence electrons. The number of hydrogen-bond donors (Lipinski definition) is 0. The van der Waals surface area contributed by atoms with E-state index in [4.69, 9.17) is 0 Å². The number of benzene rings is 1. The van der Waals surface area contributed by atoms with Gasteiger partial charge in [-0.2, -0.15) is 0 Å². The van der Waals surface area contributed by atoms with Crippen molar-refractivity contribution in [2.75, 3.05) is 26.4 Å². The van der Waals surface area contributed by atoms with Crippen LogP contribution in [0.1, 0.15) is 34.7 Å². The number of carbonyl (C=O) groups is 1. The maximum Gasteiger partial charge on any atom is 1.00 e. The Hall–Kier alpha value is -0.803. The van der Waals surface area contributed by atoms with Gasteiger partial charge in [0.05, 0.1) is 10.9 Å². The minimum Gasteiger partial charge on any atom is -0.545 e. The van der Waals surface area contributed by atoms with Crippen LogP contribution >= 0.6 is 0 Å². The number of carboxylic acids is 1. The Balaban J connectivity index is 0.00000220. The number of carboxylic acid groups (broad SMARTS) is 1. The molecule has 1 fully saturated rings. The molecule has 1 saturated heterocycles. The van der Waals surface area contributed by atoms with Crippen LogP contribution in [0.2, 0.25) is 0 Å². The van der Waals surface area contributed by atoms with Gasteiger partial charge in [0.2, 0.25) is 0 Å². The Morgan fingerprint density at radius 1 is 1.29 bits per heavy atom. The van der Waals surface area contributed by atoms with Gasteiger partial charge >= 0.3 is 18.9 Å². The molecule has 1 aliphatic rings. The van der Waals surface area contributed by atoms with Crippen molar-refractivity contribution in [3.63, 3.8) is 0 Å². The van der Waals surface area contributed by atoms with E-state index in [-0.39, 0.29) is 35.2 Å². The van der Waals surface area contributed by atoms with E-state index >= 15 is 0 Å². The Labute approximate surface area is 137 Å². The summed E-state index contributed by atoms with van der Waals surface area (Å²) in [5.74, 6) is -1.18. The summed E-state index contributed by atoms with van der Waals surface area (Å²) in [4.78, 5) is 13.1. The maximum absolute atomic E-state index is 11.7. The number of likely N-dealkylation sites (tertiary alicyclic amines) is 1. The smallest absolute Gasteiger partial charge is 0.545 e. The molecule has 0 radical (unpaired) electrons. The predicted octanol–water partition coefficient (Wildman–Crippen LogP) is -2.73. The number of aromatic carboxylic acids is 1. The normalized spacial score (nSPS) is 17.2. The van der Waals surface area contributed by atoms with Gasteiger partial charge in [-0.05, 0) is 50.5 Å². The molecule has 2 rings (SSSR count). The van der Waals surface area contributed by atoms with E-state index < -0.39 is 15.8 Å². The average molecular weight is 303 g/mol. The van der Waals surface area contributed by atoms with Crippen molar-refractivity contribution in [1.29, 1.82) is 0 Å². The SMILES string of the molecule is CN1CCC(c2ccc(C(=O)[O-])c(S(C)(=O)=O)c2)CC1.[Li+]. The number of sulfone groups is 1. The van der Waals surface area contributed by atoms with Gasteiger partial charge in [-0.15, -0.1) is 0 Å². The second-order valence-electron chi connectivity index (χ2n) is 5.39. The Morgan fingerprint density at radius 3 is 2.33 bits per heavy atom. The molecular weight excluding hydrogens is 285 g/mol. The third-order valence-corrected chi connectivity index (χ3v) is 4.95. The van der Waals surface area contributed by atoms with Crippen molar-refractivity contribution >= 4 is 15.8 Å². The van der Waals surface area contributed by atoms with Crippen molar-refractivity contribution < 1.29 is 37.2 Å². The summed E-state index contributed by atoms with van der Waals surface area (Å²) in [6.07, 6.45) is 2.92. The number of piperidine rings is 1. The molecule has 0 spiro atoms. The largest absolute Gasteiger partial charge is 1.00 e. The number of hydrogen-bond acceptors (Lipinski definition) is 5. The first kappa shape index (κ1) is 18.2. The van der Waals surface area contributed by atoms with Crippen LogP contribution in [0.3, 0.4) is 0 Å². The van der Waals surface area contributed by atoms with Gasteiger partial charge in [0.15, 0.2) is 9.84 Å². The van der Waals surface area contributed by atoms with Crippen molar-refractivity contribution in [2.24, 2.45) is 0 Å². The molecule has 0 saturated carbocycles. The Bertz CT molecular complexity index is 622. The van der Waals surface area contributed by atoms with Crippen LogP contribution < -0.4 is 24.0 Å². The summed E-state index contributed by atoms with van der Waals surface area (Å²) in [6.45, 7) is 1.92. The maximum atomic E-state index is 11.7. The van der Waals surface area contributed by atoms with E-state index in [0.717, 1.165) is 37.8 Å². The number of carbonyl (C=O) groups excluding carboxylic acids is 1. The third kappa shape index (κ3) is 4.33. The zero-order valence-corrected chi connectivity index (χ0v) is 13.4. The Kier molecular flexibility index (Phi) is 6.06. The molecule has 1 heterocycles. The van der Waals surface area contributed by atoms with Crippen molar-refractivity contribution in [3.8, 4) is 0 Å². The van der Waals surface area contributed by atoms with Crippen molar-refractivity contribution in [1.82, 2.24) is 4.90 Å². The molecule has 5 nitrogen and oxygen atoms in total. The molecule has 21 heavy (non-hydrogen) atoms. The third-order valence-electron chi connectivity index (χ3n) is 3.82. The van der Waals surface area contributed by atoms with Gasteiger partial charge in [-0.3, -0.25) is 0 Å². The molecule has 1 aromatic carbocycles. The van der Waals surface area contributed by atoms with E-state index in [0.29, 0.717) is 0 Å². The standard InChI is InChI=1S/C14H19NO4S.Li/c1-15-7-5-10(6-8-15)11-3-4-12(14(16)17)13(9-11)20(2,18)19;/h3-4,9-10H,5-8H2,1-2H3,(H,16,17);/q;+1/p-1. The quantitative estimate of drug-likeness (QED) is 0.567. The molecule has 0 aliphatic carbocycles. The van der Waals surface area contributed by atoms with E-state index in [1.807, 2.05) is 0 Å². The van der Waals surface area contributed by atoms with Crippen LogP contribution in [0.15, 0.2) is 23.1 Å². The summed E-state index contributed by atoms with van der Waals surface area (Å²) >= 11 is 0. The summed E-state index contributed by atoms with van der Waals surface area (Å²) in [7, 11) is -1.53. The van der Waals surface area contributed by atoms with Crippen LogP contribution in [0, 0.1) is 0 Å². The topological polar surface area (TPSA) is 77.5 Å². The molecule has 0 bridgehead atoms. The minimum atomic E-state index is -3.58. The van der Waals surface area contributed by atoms with Crippen molar-refractivity contribution in [3.05, 3.63) is 29.3 Å². The van der Waals surface area contributed by atoms with E-state index in [1.54, 1.807) is 6.07 Å². The fraction of sp³-hybridized carbons (Fsp3) is 0.500. The monoisotopic (exact) mass is 303 g/mol. The Morgan fingerprint density at radius 2 is 1.86 bits per heavy atom. The fourth-order valence-corrected chi connectivity index (χ4v) is 3.51. The molecule has 1 aliphatic heterocycles. The second kappa shape index (κ2) is 6.97. The van der Waals surface area contributed by atoms with Crippen LogP contribution in [-0.2, 0) is 9.84 Å². The molecule has 0 aromatic heterocycles. The molecule has 1 aromatic rings. The van der Waals surface area contributed by atoms with Gasteiger partial charge in [0, 0.05) is 11.8 Å². The van der Waals surface area contributed by atoms with Crippen molar-refractivity contribution in [2.45, 2.75) is 23.7 Å². The van der Waals surface area contributed by atoms with Gasteiger partial charge in [-0.1, -0.05) is 12.1 Å². The first-order valence-corrected chi connectivity index (χ1v) is 8.42. The molecular formula is C14H18LiNO4S. The van der Waals surface area contributed by atoms with Gasteiger partial charge in [0.25, 0.3) is 0 Å². The van der Waals surface area contributed by atoms with E-state index in [2.05, 4.69) is 11.9 Å². The summed E-state index contributed by atoms with van der Waals surface area (Å²) in [5.41, 5.74) is 0.632. The van der Waals surface area contributed by atoms with Gasteiger partial charge < -0.3 is 14.8 Å². The number of nitrogens with zero attached hydrogens (tertiary/aromatic N) is 1. The predicted molar refractivity (Wildman–Crippen MR) is 73.4 cm³/mol. The average Bonchev–Trinajstić information content (AvgIpc) is 2.38. The number of rotatable bonds is 3. The summed E-state index contributed by atoms with van der Waals surface area (Å²) in [6, 6.07) is 4.55. The van der Waals surface area contributed by atoms with E-state index in [9.17, 15) is 18.3 Å². The van der Waals surface area contributed by atoms with Gasteiger partial charge in [-0.25, -0.2) is 8.42 Å². The van der Waals surface area contributed by atoms with Crippen LogP contribution in [0.25, 0.3) is 0 Å². The van der Waals surface area contributed by atoms with Crippen LogP contribution in [0.5, 0.6) is 0 Å².